The highest BCUT2D eigenvalue weighted by Crippen LogP contribution is 2.47. The number of rotatable bonds is 4. The standard InChI is InChI=1S/C27H34N4O3/c28-24(27(33)34)25-26(32)31(23-10-2-1-9-22(23)29-25)21-14-18-7-4-8-19(15-21)30(18)20-12-16-5-3-6-17(11-16)13-20/h1-2,9-10,16-21,28H,3-8,11-15H2,(H,33,34)/t16?,17?,18-,19+,20?,21+. The molecular formula is C27H34N4O3. The van der Waals surface area contributed by atoms with Gasteiger partial charge in [-0.25, -0.2) is 9.78 Å². The zero-order chi connectivity index (χ0) is 23.4. The Morgan fingerprint density at radius 3 is 2.21 bits per heavy atom. The lowest BCUT2D eigenvalue weighted by Gasteiger charge is -2.55. The average Bonchev–Trinajstić information content (AvgIpc) is 2.82. The summed E-state index contributed by atoms with van der Waals surface area (Å²) in [6.07, 6.45) is 13.7. The Morgan fingerprint density at radius 1 is 0.882 bits per heavy atom. The number of piperidine rings is 2. The minimum atomic E-state index is -1.42. The van der Waals surface area contributed by atoms with Gasteiger partial charge < -0.3 is 9.67 Å². The predicted molar refractivity (Wildman–Crippen MR) is 130 cm³/mol. The average molecular weight is 463 g/mol. The zero-order valence-electron chi connectivity index (χ0n) is 19.7. The number of hydrogen-bond acceptors (Lipinski definition) is 5. The van der Waals surface area contributed by atoms with Gasteiger partial charge in [-0.1, -0.05) is 37.8 Å². The molecule has 2 saturated carbocycles. The summed E-state index contributed by atoms with van der Waals surface area (Å²) >= 11 is 0. The number of aromatic nitrogens is 2. The molecule has 0 amide bonds. The molecule has 4 aliphatic rings. The molecule has 34 heavy (non-hydrogen) atoms. The number of nitrogens with zero attached hydrogens (tertiary/aromatic N) is 3. The zero-order valence-corrected chi connectivity index (χ0v) is 19.7. The van der Waals surface area contributed by atoms with Crippen LogP contribution in [-0.2, 0) is 4.79 Å². The van der Waals surface area contributed by atoms with Crippen LogP contribution in [0.4, 0.5) is 0 Å². The molecular weight excluding hydrogens is 428 g/mol. The summed E-state index contributed by atoms with van der Waals surface area (Å²) in [6.45, 7) is 0. The first-order valence-electron chi connectivity index (χ1n) is 13.1. The van der Waals surface area contributed by atoms with E-state index in [9.17, 15) is 14.7 Å². The van der Waals surface area contributed by atoms with Gasteiger partial charge in [-0.3, -0.25) is 15.1 Å². The minimum Gasteiger partial charge on any atom is -0.476 e. The van der Waals surface area contributed by atoms with E-state index in [-0.39, 0.29) is 11.7 Å². The lowest BCUT2D eigenvalue weighted by molar-refractivity contribution is -0.129. The van der Waals surface area contributed by atoms with Crippen molar-refractivity contribution in [3.8, 4) is 0 Å². The molecule has 0 radical (unpaired) electrons. The molecule has 2 aliphatic heterocycles. The van der Waals surface area contributed by atoms with Crippen LogP contribution >= 0.6 is 0 Å². The van der Waals surface area contributed by atoms with E-state index in [2.05, 4.69) is 9.88 Å². The highest BCUT2D eigenvalue weighted by molar-refractivity contribution is 6.40. The fourth-order valence-corrected chi connectivity index (χ4v) is 7.92. The summed E-state index contributed by atoms with van der Waals surface area (Å²) in [4.78, 5) is 32.2. The van der Waals surface area contributed by atoms with Crippen LogP contribution in [0.5, 0.6) is 0 Å². The van der Waals surface area contributed by atoms with Gasteiger partial charge >= 0.3 is 5.97 Å². The summed E-state index contributed by atoms with van der Waals surface area (Å²) in [6, 6.07) is 9.10. The van der Waals surface area contributed by atoms with Crippen molar-refractivity contribution in [1.82, 2.24) is 14.5 Å². The van der Waals surface area contributed by atoms with Crippen LogP contribution < -0.4 is 5.56 Å². The SMILES string of the molecule is N=C(C(=O)O)c1nc2ccccc2n([C@H]2C[C@H]3CCC[C@@H](C2)N3C2CC3CCCC(C3)C2)c1=O. The van der Waals surface area contributed by atoms with Gasteiger partial charge in [0.15, 0.2) is 11.4 Å². The number of fused-ring (bicyclic) bond motifs is 5. The van der Waals surface area contributed by atoms with Crippen LogP contribution in [0.25, 0.3) is 11.0 Å². The van der Waals surface area contributed by atoms with Gasteiger partial charge in [-0.05, 0) is 68.9 Å². The second kappa shape index (κ2) is 8.59. The van der Waals surface area contributed by atoms with Crippen molar-refractivity contribution in [2.45, 2.75) is 94.8 Å². The number of nitrogens with one attached hydrogen (secondary N) is 1. The Labute approximate surface area is 199 Å². The van der Waals surface area contributed by atoms with Gasteiger partial charge in [-0.2, -0.15) is 0 Å². The molecule has 2 aromatic rings. The summed E-state index contributed by atoms with van der Waals surface area (Å²) in [7, 11) is 0. The van der Waals surface area contributed by atoms with E-state index in [4.69, 9.17) is 5.41 Å². The molecule has 7 nitrogen and oxygen atoms in total. The van der Waals surface area contributed by atoms with Gasteiger partial charge in [-0.15, -0.1) is 0 Å². The third-order valence-electron chi connectivity index (χ3n) is 9.14. The number of para-hydroxylation sites is 2. The summed E-state index contributed by atoms with van der Waals surface area (Å²) in [5, 5.41) is 17.4. The van der Waals surface area contributed by atoms with E-state index >= 15 is 0 Å². The summed E-state index contributed by atoms with van der Waals surface area (Å²) < 4.78 is 1.79. The maximum atomic E-state index is 13.5. The van der Waals surface area contributed by atoms with E-state index in [1.807, 2.05) is 18.2 Å². The number of carbonyl (C=O) groups is 1. The molecule has 6 rings (SSSR count). The fraction of sp³-hybridized carbons (Fsp3) is 0.630. The van der Waals surface area contributed by atoms with E-state index in [1.54, 1.807) is 10.6 Å². The second-order valence-electron chi connectivity index (χ2n) is 11.1. The second-order valence-corrected chi connectivity index (χ2v) is 11.1. The van der Waals surface area contributed by atoms with Crippen LogP contribution in [0.15, 0.2) is 29.1 Å². The van der Waals surface area contributed by atoms with Crippen molar-refractivity contribution in [1.29, 1.82) is 5.41 Å². The molecule has 2 unspecified atom stereocenters. The van der Waals surface area contributed by atoms with Gasteiger partial charge in [0.25, 0.3) is 5.56 Å². The molecule has 2 aliphatic carbocycles. The van der Waals surface area contributed by atoms with Crippen molar-refractivity contribution in [2.75, 3.05) is 0 Å². The molecule has 180 valence electrons. The van der Waals surface area contributed by atoms with Crippen LogP contribution in [0.3, 0.4) is 0 Å². The predicted octanol–water partition coefficient (Wildman–Crippen LogP) is 4.38. The first-order chi connectivity index (χ1) is 16.5. The van der Waals surface area contributed by atoms with E-state index in [1.165, 1.54) is 57.8 Å². The molecule has 0 spiro atoms. The lowest BCUT2D eigenvalue weighted by Crippen LogP contribution is -2.58. The molecule has 2 saturated heterocycles. The van der Waals surface area contributed by atoms with Crippen LogP contribution in [-0.4, -0.2) is 49.4 Å². The Hall–Kier alpha value is -2.54. The van der Waals surface area contributed by atoms with Gasteiger partial charge in [0.2, 0.25) is 0 Å². The topological polar surface area (TPSA) is 99.3 Å². The number of carboxylic acid groups (broad SMARTS) is 1. The minimum absolute atomic E-state index is 0.00962. The maximum Gasteiger partial charge on any atom is 0.356 e. The van der Waals surface area contributed by atoms with Gasteiger partial charge in [0, 0.05) is 24.2 Å². The van der Waals surface area contributed by atoms with Crippen molar-refractivity contribution >= 4 is 22.7 Å². The van der Waals surface area contributed by atoms with Crippen LogP contribution in [0, 0.1) is 17.2 Å². The number of hydrogen-bond donors (Lipinski definition) is 2. The van der Waals surface area contributed by atoms with E-state index in [0.29, 0.717) is 23.6 Å². The molecule has 1 aromatic carbocycles. The summed E-state index contributed by atoms with van der Waals surface area (Å²) in [5.74, 6) is 0.376. The normalized spacial score (nSPS) is 33.5. The first-order valence-corrected chi connectivity index (χ1v) is 13.1. The molecule has 5 atom stereocenters. The third kappa shape index (κ3) is 3.69. The molecule has 4 fully saturated rings. The van der Waals surface area contributed by atoms with Crippen molar-refractivity contribution in [3.63, 3.8) is 0 Å². The Kier molecular flexibility index (Phi) is 5.55. The van der Waals surface area contributed by atoms with E-state index in [0.717, 1.165) is 30.2 Å². The smallest absolute Gasteiger partial charge is 0.356 e. The first kappa shape index (κ1) is 22.0. The van der Waals surface area contributed by atoms with Crippen molar-refractivity contribution in [2.24, 2.45) is 11.8 Å². The van der Waals surface area contributed by atoms with E-state index < -0.39 is 17.2 Å². The Balaban J connectivity index is 1.36. The largest absolute Gasteiger partial charge is 0.476 e. The number of aliphatic carboxylic acids is 1. The molecule has 4 bridgehead atoms. The quantitative estimate of drug-likeness (QED) is 0.657. The fourth-order valence-electron chi connectivity index (χ4n) is 7.92. The molecule has 7 heteroatoms. The molecule has 3 heterocycles. The van der Waals surface area contributed by atoms with Crippen molar-refractivity contribution < 1.29 is 9.90 Å². The molecule has 1 aromatic heterocycles. The number of carboxylic acids is 1. The van der Waals surface area contributed by atoms with Gasteiger partial charge in [0.05, 0.1) is 11.0 Å². The molecule has 2 N–H and O–H groups in total. The Bertz CT molecular complexity index is 1160. The monoisotopic (exact) mass is 462 g/mol. The number of benzene rings is 1. The van der Waals surface area contributed by atoms with Crippen LogP contribution in [0.1, 0.15) is 82.4 Å². The Morgan fingerprint density at radius 2 is 1.53 bits per heavy atom. The van der Waals surface area contributed by atoms with Crippen molar-refractivity contribution in [3.05, 3.63) is 40.3 Å². The van der Waals surface area contributed by atoms with Crippen LogP contribution in [0.2, 0.25) is 0 Å². The lowest BCUT2D eigenvalue weighted by atomic mass is 9.68. The van der Waals surface area contributed by atoms with Gasteiger partial charge in [0.1, 0.15) is 0 Å². The third-order valence-corrected chi connectivity index (χ3v) is 9.14. The summed E-state index contributed by atoms with van der Waals surface area (Å²) in [5.41, 5.74) is -0.0847. The highest BCUT2D eigenvalue weighted by atomic mass is 16.4. The highest BCUT2D eigenvalue weighted by Gasteiger charge is 2.45. The maximum absolute atomic E-state index is 13.5.